The minimum atomic E-state index is 0.374. The van der Waals surface area contributed by atoms with Gasteiger partial charge in [0.15, 0.2) is 0 Å². The fraction of sp³-hybridized carbons (Fsp3) is 0.240. The lowest BCUT2D eigenvalue weighted by molar-refractivity contribution is 0.271. The van der Waals surface area contributed by atoms with Gasteiger partial charge in [0.05, 0.1) is 17.6 Å². The summed E-state index contributed by atoms with van der Waals surface area (Å²) in [7, 11) is 0. The zero-order valence-electron chi connectivity index (χ0n) is 17.2. The smallest absolute Gasteiger partial charge is 0.148 e. The summed E-state index contributed by atoms with van der Waals surface area (Å²) in [4.78, 5) is 4.77. The lowest BCUT2D eigenvalue weighted by atomic mass is 10.0. The van der Waals surface area contributed by atoms with Gasteiger partial charge in [-0.2, -0.15) is 0 Å². The van der Waals surface area contributed by atoms with Crippen LogP contribution in [0.4, 0.5) is 0 Å². The van der Waals surface area contributed by atoms with Crippen LogP contribution < -0.4 is 9.47 Å². The van der Waals surface area contributed by atoms with E-state index in [2.05, 4.69) is 36.6 Å². The molecule has 3 aromatic carbocycles. The molecule has 0 aliphatic carbocycles. The van der Waals surface area contributed by atoms with Crippen molar-refractivity contribution >= 4 is 22.6 Å². The van der Waals surface area contributed by atoms with E-state index in [4.69, 9.17) is 26.1 Å². The van der Waals surface area contributed by atoms with Crippen molar-refractivity contribution in [2.24, 2.45) is 0 Å². The summed E-state index contributed by atoms with van der Waals surface area (Å²) in [5, 5.41) is 0.688. The zero-order chi connectivity index (χ0) is 20.9. The number of aromatic nitrogens is 2. The fourth-order valence-electron chi connectivity index (χ4n) is 3.50. The first-order valence-electron chi connectivity index (χ1n) is 10.2. The van der Waals surface area contributed by atoms with Gasteiger partial charge in [0.1, 0.15) is 30.5 Å². The highest BCUT2D eigenvalue weighted by Crippen LogP contribution is 2.26. The highest BCUT2D eigenvalue weighted by atomic mass is 35.5. The van der Waals surface area contributed by atoms with E-state index in [0.29, 0.717) is 30.7 Å². The van der Waals surface area contributed by atoms with Crippen LogP contribution in [0, 0.1) is 0 Å². The van der Waals surface area contributed by atoms with Gasteiger partial charge in [-0.15, -0.1) is 0 Å². The lowest BCUT2D eigenvalue weighted by Gasteiger charge is -2.15. The molecule has 4 aromatic rings. The van der Waals surface area contributed by atoms with Gasteiger partial charge >= 0.3 is 0 Å². The predicted molar refractivity (Wildman–Crippen MR) is 122 cm³/mol. The first kappa shape index (κ1) is 20.3. The molecule has 154 valence electrons. The Labute approximate surface area is 182 Å². The van der Waals surface area contributed by atoms with Crippen molar-refractivity contribution in [2.45, 2.75) is 32.9 Å². The fourth-order valence-corrected chi connectivity index (χ4v) is 3.63. The molecule has 0 aliphatic rings. The second-order valence-corrected chi connectivity index (χ2v) is 7.89. The number of imidazole rings is 1. The van der Waals surface area contributed by atoms with Crippen LogP contribution in [0.25, 0.3) is 11.0 Å². The summed E-state index contributed by atoms with van der Waals surface area (Å²) >= 11 is 5.96. The summed E-state index contributed by atoms with van der Waals surface area (Å²) in [5.74, 6) is 2.99. The Morgan fingerprint density at radius 1 is 0.900 bits per heavy atom. The Balaban J connectivity index is 1.51. The highest BCUT2D eigenvalue weighted by Gasteiger charge is 2.12. The summed E-state index contributed by atoms with van der Waals surface area (Å²) < 4.78 is 14.3. The SMILES string of the molecule is CC(C)c1ccccc1OCCn1c(COc2ccc(Cl)cc2)nc2ccccc21. The van der Waals surface area contributed by atoms with Crippen LogP contribution in [0.5, 0.6) is 11.5 Å². The van der Waals surface area contributed by atoms with E-state index in [1.807, 2.05) is 54.6 Å². The van der Waals surface area contributed by atoms with Crippen molar-refractivity contribution in [3.63, 3.8) is 0 Å². The summed E-state index contributed by atoms with van der Waals surface area (Å²) in [5.41, 5.74) is 3.25. The molecular formula is C25H25ClN2O2. The van der Waals surface area contributed by atoms with E-state index in [0.717, 1.165) is 28.4 Å². The minimum Gasteiger partial charge on any atom is -0.491 e. The van der Waals surface area contributed by atoms with E-state index in [1.54, 1.807) is 0 Å². The normalized spacial score (nSPS) is 11.2. The average molecular weight is 421 g/mol. The molecule has 4 rings (SSSR count). The third kappa shape index (κ3) is 4.60. The van der Waals surface area contributed by atoms with Crippen LogP contribution in [0.1, 0.15) is 31.2 Å². The molecule has 0 amide bonds. The second-order valence-electron chi connectivity index (χ2n) is 7.45. The Morgan fingerprint density at radius 3 is 2.43 bits per heavy atom. The van der Waals surface area contributed by atoms with Crippen LogP contribution in [-0.2, 0) is 13.2 Å². The van der Waals surface area contributed by atoms with Gasteiger partial charge in [0.25, 0.3) is 0 Å². The Bertz CT molecular complexity index is 1120. The molecule has 0 spiro atoms. The Hall–Kier alpha value is -2.98. The number of hydrogen-bond donors (Lipinski definition) is 0. The van der Waals surface area contributed by atoms with Gasteiger partial charge in [-0.3, -0.25) is 0 Å². The van der Waals surface area contributed by atoms with Crippen LogP contribution in [0.15, 0.2) is 72.8 Å². The maximum absolute atomic E-state index is 6.15. The monoisotopic (exact) mass is 420 g/mol. The molecule has 0 saturated heterocycles. The number of benzene rings is 3. The quantitative estimate of drug-likeness (QED) is 0.327. The molecule has 0 fully saturated rings. The standard InChI is InChI=1S/C25H25ClN2O2/c1-18(2)21-7-3-6-10-24(21)29-16-15-28-23-9-5-4-8-22(23)27-25(28)17-30-20-13-11-19(26)12-14-20/h3-14,18H,15-17H2,1-2H3. The predicted octanol–water partition coefficient (Wildman–Crippen LogP) is 6.47. The molecule has 0 saturated carbocycles. The maximum Gasteiger partial charge on any atom is 0.148 e. The van der Waals surface area contributed by atoms with Crippen LogP contribution in [0.3, 0.4) is 0 Å². The van der Waals surface area contributed by atoms with E-state index >= 15 is 0 Å². The van der Waals surface area contributed by atoms with Crippen molar-refractivity contribution in [3.8, 4) is 11.5 Å². The molecule has 0 atom stereocenters. The number of nitrogens with zero attached hydrogens (tertiary/aromatic N) is 2. The van der Waals surface area contributed by atoms with Crippen LogP contribution in [-0.4, -0.2) is 16.2 Å². The van der Waals surface area contributed by atoms with Crippen molar-refractivity contribution < 1.29 is 9.47 Å². The van der Waals surface area contributed by atoms with E-state index in [-0.39, 0.29) is 0 Å². The molecule has 1 heterocycles. The van der Waals surface area contributed by atoms with Gasteiger partial charge in [-0.25, -0.2) is 4.98 Å². The molecule has 0 radical (unpaired) electrons. The molecule has 1 aromatic heterocycles. The lowest BCUT2D eigenvalue weighted by Crippen LogP contribution is -2.13. The average Bonchev–Trinajstić information content (AvgIpc) is 3.11. The summed E-state index contributed by atoms with van der Waals surface area (Å²) in [6, 6.07) is 23.7. The molecule has 0 bridgehead atoms. The van der Waals surface area contributed by atoms with Gasteiger partial charge in [0.2, 0.25) is 0 Å². The third-order valence-corrected chi connectivity index (χ3v) is 5.28. The van der Waals surface area contributed by atoms with Crippen molar-refractivity contribution in [2.75, 3.05) is 6.61 Å². The topological polar surface area (TPSA) is 36.3 Å². The number of fused-ring (bicyclic) bond motifs is 1. The summed E-state index contributed by atoms with van der Waals surface area (Å²) in [6.45, 7) is 5.97. The largest absolute Gasteiger partial charge is 0.491 e. The zero-order valence-corrected chi connectivity index (χ0v) is 18.0. The summed E-state index contributed by atoms with van der Waals surface area (Å²) in [6.07, 6.45) is 0. The van der Waals surface area contributed by atoms with E-state index < -0.39 is 0 Å². The molecular weight excluding hydrogens is 396 g/mol. The van der Waals surface area contributed by atoms with Crippen LogP contribution in [0.2, 0.25) is 5.02 Å². The highest BCUT2D eigenvalue weighted by molar-refractivity contribution is 6.30. The van der Waals surface area contributed by atoms with Gasteiger partial charge in [-0.1, -0.05) is 55.8 Å². The van der Waals surface area contributed by atoms with Crippen LogP contribution >= 0.6 is 11.6 Å². The molecule has 30 heavy (non-hydrogen) atoms. The van der Waals surface area contributed by atoms with Gasteiger partial charge in [0, 0.05) is 5.02 Å². The number of ether oxygens (including phenoxy) is 2. The molecule has 5 heteroatoms. The number of rotatable bonds is 8. The first-order valence-corrected chi connectivity index (χ1v) is 10.5. The van der Waals surface area contributed by atoms with Gasteiger partial charge < -0.3 is 14.0 Å². The first-order chi connectivity index (χ1) is 14.6. The van der Waals surface area contributed by atoms with Crippen molar-refractivity contribution in [1.29, 1.82) is 0 Å². The van der Waals surface area contributed by atoms with Gasteiger partial charge in [-0.05, 0) is 53.9 Å². The second kappa shape index (κ2) is 9.23. The molecule has 0 aliphatic heterocycles. The maximum atomic E-state index is 6.15. The van der Waals surface area contributed by atoms with Crippen molar-refractivity contribution in [1.82, 2.24) is 9.55 Å². The molecule has 0 N–H and O–H groups in total. The number of halogens is 1. The number of para-hydroxylation sites is 3. The molecule has 0 unspecified atom stereocenters. The molecule has 4 nitrogen and oxygen atoms in total. The van der Waals surface area contributed by atoms with E-state index in [9.17, 15) is 0 Å². The van der Waals surface area contributed by atoms with Crippen molar-refractivity contribution in [3.05, 3.63) is 89.2 Å². The third-order valence-electron chi connectivity index (χ3n) is 5.03. The Morgan fingerprint density at radius 2 is 1.63 bits per heavy atom. The Kier molecular flexibility index (Phi) is 6.24. The minimum absolute atomic E-state index is 0.374. The van der Waals surface area contributed by atoms with E-state index in [1.165, 1.54) is 5.56 Å². The number of hydrogen-bond acceptors (Lipinski definition) is 3.